The molecule has 1 saturated heterocycles. The molecule has 8 nitrogen and oxygen atoms in total. The zero-order chi connectivity index (χ0) is 19.0. The molecule has 1 aliphatic heterocycles. The van der Waals surface area contributed by atoms with Gasteiger partial charge in [-0.15, -0.1) is 0 Å². The smallest absolute Gasteiger partial charge is 0.239 e. The lowest BCUT2D eigenvalue weighted by molar-refractivity contribution is -0.123. The number of amides is 1. The van der Waals surface area contributed by atoms with Crippen LogP contribution in [0.1, 0.15) is 11.6 Å². The molecule has 0 bridgehead atoms. The van der Waals surface area contributed by atoms with Gasteiger partial charge in [-0.2, -0.15) is 5.10 Å². The number of aryl methyl sites for hydroxylation is 1. The van der Waals surface area contributed by atoms with E-state index in [1.165, 1.54) is 18.5 Å². The number of hydrogen-bond acceptors (Lipinski definition) is 6. The molecule has 2 aromatic heterocycles. The third-order valence-corrected chi connectivity index (χ3v) is 4.94. The molecule has 1 unspecified atom stereocenters. The van der Waals surface area contributed by atoms with Crippen LogP contribution in [0.15, 0.2) is 36.8 Å². The van der Waals surface area contributed by atoms with Gasteiger partial charge in [-0.25, -0.2) is 14.4 Å². The number of anilines is 1. The Labute approximate surface area is 155 Å². The average molecular weight is 369 g/mol. The second kappa shape index (κ2) is 6.92. The van der Waals surface area contributed by atoms with Gasteiger partial charge in [0.2, 0.25) is 5.91 Å². The SMILES string of the molecule is Cn1ncc2c(N3CCN(C(C(N)=O)c4ccc(F)cc4)CC3)ncnc21. The Morgan fingerprint density at radius 3 is 2.52 bits per heavy atom. The summed E-state index contributed by atoms with van der Waals surface area (Å²) in [5, 5.41) is 5.15. The minimum absolute atomic E-state index is 0.337. The van der Waals surface area contributed by atoms with Gasteiger partial charge in [0.25, 0.3) is 0 Å². The summed E-state index contributed by atoms with van der Waals surface area (Å²) < 4.78 is 14.9. The molecule has 2 N–H and O–H groups in total. The Morgan fingerprint density at radius 2 is 1.85 bits per heavy atom. The van der Waals surface area contributed by atoms with Crippen LogP contribution >= 0.6 is 0 Å². The summed E-state index contributed by atoms with van der Waals surface area (Å²) >= 11 is 0. The van der Waals surface area contributed by atoms with Crippen LogP contribution in [0.25, 0.3) is 11.0 Å². The highest BCUT2D eigenvalue weighted by atomic mass is 19.1. The van der Waals surface area contributed by atoms with E-state index in [1.54, 1.807) is 23.0 Å². The first kappa shape index (κ1) is 17.3. The monoisotopic (exact) mass is 369 g/mol. The molecule has 140 valence electrons. The molecule has 1 amide bonds. The van der Waals surface area contributed by atoms with Crippen LogP contribution in [0.3, 0.4) is 0 Å². The molecule has 1 aliphatic rings. The fourth-order valence-electron chi connectivity index (χ4n) is 3.59. The van der Waals surface area contributed by atoms with Crippen LogP contribution in [0.5, 0.6) is 0 Å². The molecule has 4 rings (SSSR count). The minimum atomic E-state index is -0.573. The number of carbonyl (C=O) groups is 1. The van der Waals surface area contributed by atoms with Crippen molar-refractivity contribution < 1.29 is 9.18 Å². The van der Waals surface area contributed by atoms with Crippen molar-refractivity contribution in [2.24, 2.45) is 12.8 Å². The third kappa shape index (κ3) is 3.21. The van der Waals surface area contributed by atoms with Crippen LogP contribution in [0, 0.1) is 5.82 Å². The van der Waals surface area contributed by atoms with Gasteiger partial charge in [0.05, 0.1) is 11.6 Å². The van der Waals surface area contributed by atoms with Gasteiger partial charge in [-0.05, 0) is 17.7 Å². The second-order valence-electron chi connectivity index (χ2n) is 6.58. The lowest BCUT2D eigenvalue weighted by Crippen LogP contribution is -2.50. The van der Waals surface area contributed by atoms with Crippen molar-refractivity contribution in [1.29, 1.82) is 0 Å². The van der Waals surface area contributed by atoms with Crippen LogP contribution in [-0.4, -0.2) is 56.7 Å². The highest BCUT2D eigenvalue weighted by Gasteiger charge is 2.30. The Balaban J connectivity index is 1.53. The van der Waals surface area contributed by atoms with Crippen LogP contribution < -0.4 is 10.6 Å². The zero-order valence-electron chi connectivity index (χ0n) is 14.9. The van der Waals surface area contributed by atoms with Gasteiger partial charge in [-0.3, -0.25) is 14.4 Å². The number of carbonyl (C=O) groups excluding carboxylic acids is 1. The topological polar surface area (TPSA) is 93.2 Å². The summed E-state index contributed by atoms with van der Waals surface area (Å²) in [6.45, 7) is 2.64. The maximum Gasteiger partial charge on any atom is 0.239 e. The third-order valence-electron chi connectivity index (χ3n) is 4.94. The minimum Gasteiger partial charge on any atom is -0.368 e. The van der Waals surface area contributed by atoms with Crippen molar-refractivity contribution in [2.75, 3.05) is 31.1 Å². The van der Waals surface area contributed by atoms with E-state index in [9.17, 15) is 9.18 Å². The second-order valence-corrected chi connectivity index (χ2v) is 6.58. The van der Waals surface area contributed by atoms with E-state index in [2.05, 4.69) is 20.0 Å². The number of nitrogens with two attached hydrogens (primary N) is 1. The number of aromatic nitrogens is 4. The quantitative estimate of drug-likeness (QED) is 0.733. The molecule has 0 saturated carbocycles. The molecular weight excluding hydrogens is 349 g/mol. The van der Waals surface area contributed by atoms with Crippen molar-refractivity contribution in [1.82, 2.24) is 24.6 Å². The van der Waals surface area contributed by atoms with Gasteiger partial charge in [0, 0.05) is 33.2 Å². The van der Waals surface area contributed by atoms with Gasteiger partial charge < -0.3 is 10.6 Å². The number of nitrogens with zero attached hydrogens (tertiary/aromatic N) is 6. The molecule has 3 heterocycles. The molecule has 1 fully saturated rings. The number of hydrogen-bond donors (Lipinski definition) is 1. The van der Waals surface area contributed by atoms with E-state index in [0.717, 1.165) is 16.9 Å². The van der Waals surface area contributed by atoms with E-state index in [0.29, 0.717) is 31.7 Å². The van der Waals surface area contributed by atoms with Crippen molar-refractivity contribution in [3.8, 4) is 0 Å². The number of piperazine rings is 1. The Hall–Kier alpha value is -3.07. The number of primary amides is 1. The van der Waals surface area contributed by atoms with E-state index in [-0.39, 0.29) is 5.82 Å². The maximum atomic E-state index is 13.2. The number of benzene rings is 1. The van der Waals surface area contributed by atoms with Crippen LogP contribution in [0.2, 0.25) is 0 Å². The fourth-order valence-corrected chi connectivity index (χ4v) is 3.59. The number of fused-ring (bicyclic) bond motifs is 1. The first-order valence-electron chi connectivity index (χ1n) is 8.71. The molecule has 9 heteroatoms. The average Bonchev–Trinajstić information content (AvgIpc) is 3.05. The van der Waals surface area contributed by atoms with Crippen molar-refractivity contribution in [3.05, 3.63) is 48.2 Å². The molecule has 0 aliphatic carbocycles. The summed E-state index contributed by atoms with van der Waals surface area (Å²) in [5.74, 6) is 0.0629. The molecule has 0 radical (unpaired) electrons. The first-order valence-corrected chi connectivity index (χ1v) is 8.71. The predicted molar refractivity (Wildman–Crippen MR) is 98.4 cm³/mol. The summed E-state index contributed by atoms with van der Waals surface area (Å²) in [6.07, 6.45) is 3.30. The number of rotatable bonds is 4. The summed E-state index contributed by atoms with van der Waals surface area (Å²) in [6, 6.07) is 5.35. The van der Waals surface area contributed by atoms with Crippen molar-refractivity contribution >= 4 is 22.8 Å². The van der Waals surface area contributed by atoms with E-state index in [4.69, 9.17) is 5.73 Å². The van der Waals surface area contributed by atoms with Crippen molar-refractivity contribution in [3.63, 3.8) is 0 Å². The van der Waals surface area contributed by atoms with Crippen LogP contribution in [0.4, 0.5) is 10.2 Å². The standard InChI is InChI=1S/C18H20FN7O/c1-24-17-14(10-23-24)18(22-11-21-17)26-8-6-25(7-9-26)15(16(20)27)12-2-4-13(19)5-3-12/h2-5,10-11,15H,6-9H2,1H3,(H2,20,27). The van der Waals surface area contributed by atoms with E-state index < -0.39 is 11.9 Å². The molecular formula is C18H20FN7O. The predicted octanol–water partition coefficient (Wildman–Crippen LogP) is 0.851. The molecule has 1 atom stereocenters. The molecule has 0 spiro atoms. The largest absolute Gasteiger partial charge is 0.368 e. The van der Waals surface area contributed by atoms with Gasteiger partial charge in [0.15, 0.2) is 5.65 Å². The molecule has 1 aromatic carbocycles. The summed E-state index contributed by atoms with van der Waals surface area (Å²) in [7, 11) is 1.84. The van der Waals surface area contributed by atoms with E-state index in [1.807, 2.05) is 11.9 Å². The first-order chi connectivity index (χ1) is 13.0. The molecule has 27 heavy (non-hydrogen) atoms. The van der Waals surface area contributed by atoms with E-state index >= 15 is 0 Å². The normalized spacial score (nSPS) is 16.6. The highest BCUT2D eigenvalue weighted by Crippen LogP contribution is 2.26. The van der Waals surface area contributed by atoms with Crippen LogP contribution in [-0.2, 0) is 11.8 Å². The van der Waals surface area contributed by atoms with Gasteiger partial charge in [0.1, 0.15) is 24.0 Å². The Morgan fingerprint density at radius 1 is 1.15 bits per heavy atom. The lowest BCUT2D eigenvalue weighted by atomic mass is 10.0. The lowest BCUT2D eigenvalue weighted by Gasteiger charge is -2.38. The Bertz CT molecular complexity index is 964. The fraction of sp³-hybridized carbons (Fsp3) is 0.333. The Kier molecular flexibility index (Phi) is 4.44. The maximum absolute atomic E-state index is 13.2. The highest BCUT2D eigenvalue weighted by molar-refractivity contribution is 5.86. The zero-order valence-corrected chi connectivity index (χ0v) is 14.9. The molecule has 3 aromatic rings. The van der Waals surface area contributed by atoms with Gasteiger partial charge in [-0.1, -0.05) is 12.1 Å². The van der Waals surface area contributed by atoms with Gasteiger partial charge >= 0.3 is 0 Å². The number of halogens is 1. The summed E-state index contributed by atoms with van der Waals surface area (Å²) in [5.41, 5.74) is 7.13. The summed E-state index contributed by atoms with van der Waals surface area (Å²) in [4.78, 5) is 24.9. The van der Waals surface area contributed by atoms with Crippen molar-refractivity contribution in [2.45, 2.75) is 6.04 Å².